The van der Waals surface area contributed by atoms with E-state index in [4.69, 9.17) is 0 Å². The van der Waals surface area contributed by atoms with E-state index in [2.05, 4.69) is 20.6 Å². The van der Waals surface area contributed by atoms with Gasteiger partial charge in [0.2, 0.25) is 0 Å². The van der Waals surface area contributed by atoms with E-state index in [0.717, 1.165) is 22.7 Å². The van der Waals surface area contributed by atoms with Crippen LogP contribution in [0, 0.1) is 0 Å². The van der Waals surface area contributed by atoms with Gasteiger partial charge >= 0.3 is 0 Å². The molecule has 1 atom stereocenters. The minimum atomic E-state index is -3.08. The average Bonchev–Trinajstić information content (AvgIpc) is 3.36. The number of hydrogen-bond acceptors (Lipinski definition) is 7. The molecule has 3 heterocycles. The molecule has 13 heteroatoms. The van der Waals surface area contributed by atoms with Crippen molar-refractivity contribution in [1.29, 1.82) is 0 Å². The molecule has 1 saturated carbocycles. The third-order valence-electron chi connectivity index (χ3n) is 6.23. The Morgan fingerprint density at radius 3 is 2.64 bits per heavy atom. The van der Waals surface area contributed by atoms with Gasteiger partial charge in [-0.15, -0.1) is 11.3 Å². The molecule has 2 aromatic rings. The lowest BCUT2D eigenvalue weighted by Crippen LogP contribution is -2.46. The van der Waals surface area contributed by atoms with Gasteiger partial charge in [-0.1, -0.05) is 6.92 Å². The third-order valence-corrected chi connectivity index (χ3v) is 7.32. The molecule has 0 aromatic carbocycles. The van der Waals surface area contributed by atoms with Crippen molar-refractivity contribution in [3.8, 4) is 10.4 Å². The fraction of sp³-hybridized carbons (Fsp3) is 0.565. The largest absolute Gasteiger partial charge is 0.393 e. The Balaban J connectivity index is 1.74. The quantitative estimate of drug-likeness (QED) is 0.445. The van der Waals surface area contributed by atoms with Crippen LogP contribution in [-0.2, 0) is 0 Å². The average molecular weight is 530 g/mol. The number of hydrogen-bond donors (Lipinski definition) is 3. The Bertz CT molecular complexity index is 1140. The highest BCUT2D eigenvalue weighted by Gasteiger charge is 2.46. The van der Waals surface area contributed by atoms with Crippen LogP contribution in [0.15, 0.2) is 12.3 Å². The molecule has 1 saturated heterocycles. The highest BCUT2D eigenvalue weighted by Crippen LogP contribution is 2.40. The highest BCUT2D eigenvalue weighted by molar-refractivity contribution is 7.17. The SMILES string of the molecule is CCCNc1cc(C(F)F)c(-c2sc(C(=O)NC3CC(O)C3)nc2C(=O)N2CC(F)(F)C[C@@H]2C)cn1. The molecule has 4 rings (SSSR count). The fourth-order valence-corrected chi connectivity index (χ4v) is 5.30. The van der Waals surface area contributed by atoms with Crippen LogP contribution >= 0.6 is 11.3 Å². The molecular weight excluding hydrogens is 502 g/mol. The normalized spacial score (nSPS) is 23.0. The maximum atomic E-state index is 14.1. The van der Waals surface area contributed by atoms with Crippen molar-refractivity contribution in [3.05, 3.63) is 28.5 Å². The molecule has 0 radical (unpaired) electrons. The van der Waals surface area contributed by atoms with Gasteiger partial charge in [0.1, 0.15) is 11.5 Å². The van der Waals surface area contributed by atoms with E-state index >= 15 is 0 Å². The molecule has 2 amide bonds. The topological polar surface area (TPSA) is 107 Å². The van der Waals surface area contributed by atoms with Gasteiger partial charge in [0.05, 0.1) is 17.5 Å². The van der Waals surface area contributed by atoms with Gasteiger partial charge in [0, 0.05) is 42.4 Å². The summed E-state index contributed by atoms with van der Waals surface area (Å²) in [7, 11) is 0. The van der Waals surface area contributed by atoms with Crippen LogP contribution in [0.25, 0.3) is 10.4 Å². The molecule has 0 bridgehead atoms. The first-order valence-electron chi connectivity index (χ1n) is 11.7. The number of amides is 2. The number of carbonyl (C=O) groups is 2. The summed E-state index contributed by atoms with van der Waals surface area (Å²) in [6, 6.07) is 0.0915. The first-order valence-corrected chi connectivity index (χ1v) is 12.5. The Morgan fingerprint density at radius 1 is 1.33 bits per heavy atom. The molecule has 0 unspecified atom stereocenters. The predicted octanol–water partition coefficient (Wildman–Crippen LogP) is 4.09. The summed E-state index contributed by atoms with van der Waals surface area (Å²) in [5, 5.41) is 14.9. The van der Waals surface area contributed by atoms with Gasteiger partial charge in [-0.05, 0) is 32.3 Å². The number of thiazole rings is 1. The number of rotatable bonds is 8. The van der Waals surface area contributed by atoms with E-state index in [0.29, 0.717) is 19.4 Å². The number of nitrogens with zero attached hydrogens (tertiary/aromatic N) is 3. The lowest BCUT2D eigenvalue weighted by Gasteiger charge is -2.31. The zero-order chi connectivity index (χ0) is 26.2. The molecule has 2 aromatic heterocycles. The maximum absolute atomic E-state index is 14.1. The van der Waals surface area contributed by atoms with E-state index in [9.17, 15) is 32.3 Å². The number of pyridine rings is 1. The van der Waals surface area contributed by atoms with Crippen molar-refractivity contribution in [2.45, 2.75) is 70.1 Å². The lowest BCUT2D eigenvalue weighted by atomic mass is 9.89. The second kappa shape index (κ2) is 10.3. The molecule has 2 fully saturated rings. The lowest BCUT2D eigenvalue weighted by molar-refractivity contribution is 0.0117. The molecule has 3 N–H and O–H groups in total. The van der Waals surface area contributed by atoms with E-state index in [-0.39, 0.29) is 33.0 Å². The minimum Gasteiger partial charge on any atom is -0.393 e. The Hall–Kier alpha value is -2.80. The molecule has 196 valence electrons. The van der Waals surface area contributed by atoms with Crippen LogP contribution in [-0.4, -0.2) is 69.0 Å². The van der Waals surface area contributed by atoms with Crippen molar-refractivity contribution in [1.82, 2.24) is 20.2 Å². The number of aliphatic hydroxyl groups is 1. The summed E-state index contributed by atoms with van der Waals surface area (Å²) >= 11 is 0.727. The fourth-order valence-electron chi connectivity index (χ4n) is 4.31. The number of alkyl halides is 4. The number of carbonyl (C=O) groups excluding carboxylic acids is 2. The molecule has 2 aliphatic rings. The Morgan fingerprint density at radius 2 is 2.06 bits per heavy atom. The van der Waals surface area contributed by atoms with Crippen LogP contribution in [0.5, 0.6) is 0 Å². The van der Waals surface area contributed by atoms with Crippen molar-refractivity contribution in [3.63, 3.8) is 0 Å². The zero-order valence-electron chi connectivity index (χ0n) is 19.7. The molecule has 36 heavy (non-hydrogen) atoms. The first kappa shape index (κ1) is 26.3. The number of likely N-dealkylation sites (tertiary alicyclic amines) is 1. The number of anilines is 1. The molecule has 1 aliphatic heterocycles. The van der Waals surface area contributed by atoms with Crippen LogP contribution in [0.2, 0.25) is 0 Å². The summed E-state index contributed by atoms with van der Waals surface area (Å²) in [5.74, 6) is -4.36. The van der Waals surface area contributed by atoms with E-state index in [1.54, 1.807) is 0 Å². The van der Waals surface area contributed by atoms with Crippen LogP contribution in [0.3, 0.4) is 0 Å². The molecule has 0 spiro atoms. The van der Waals surface area contributed by atoms with E-state index < -0.39 is 54.8 Å². The first-order chi connectivity index (χ1) is 17.0. The predicted molar refractivity (Wildman–Crippen MR) is 126 cm³/mol. The number of halogens is 4. The second-order valence-corrected chi connectivity index (χ2v) is 10.2. The van der Waals surface area contributed by atoms with Gasteiger partial charge in [0.15, 0.2) is 5.01 Å². The second-order valence-electron chi connectivity index (χ2n) is 9.22. The van der Waals surface area contributed by atoms with Gasteiger partial charge in [-0.2, -0.15) is 0 Å². The molecule has 1 aliphatic carbocycles. The molecular formula is C23H27F4N5O3S. The molecule has 8 nitrogen and oxygen atoms in total. The van der Waals surface area contributed by atoms with Gasteiger partial charge < -0.3 is 20.6 Å². The Labute approximate surface area is 209 Å². The van der Waals surface area contributed by atoms with Crippen molar-refractivity contribution >= 4 is 29.0 Å². The van der Waals surface area contributed by atoms with Crippen LogP contribution < -0.4 is 10.6 Å². The van der Waals surface area contributed by atoms with E-state index in [1.165, 1.54) is 19.2 Å². The third kappa shape index (κ3) is 5.46. The van der Waals surface area contributed by atoms with Crippen LogP contribution in [0.4, 0.5) is 23.4 Å². The van der Waals surface area contributed by atoms with Gasteiger partial charge in [-0.3, -0.25) is 9.59 Å². The summed E-state index contributed by atoms with van der Waals surface area (Å²) in [6.07, 6.45) is -1.33. The minimum absolute atomic E-state index is 0.0361. The smallest absolute Gasteiger partial charge is 0.280 e. The monoisotopic (exact) mass is 529 g/mol. The summed E-state index contributed by atoms with van der Waals surface area (Å²) in [5.41, 5.74) is -0.860. The van der Waals surface area contributed by atoms with Gasteiger partial charge in [-0.25, -0.2) is 27.5 Å². The maximum Gasteiger partial charge on any atom is 0.280 e. The van der Waals surface area contributed by atoms with E-state index in [1.807, 2.05) is 6.92 Å². The highest BCUT2D eigenvalue weighted by atomic mass is 32.1. The zero-order valence-corrected chi connectivity index (χ0v) is 20.5. The number of aromatic nitrogens is 2. The summed E-state index contributed by atoms with van der Waals surface area (Å²) in [4.78, 5) is 35.4. The summed E-state index contributed by atoms with van der Waals surface area (Å²) in [6.45, 7) is 3.07. The standard InChI is InChI=1S/C23H27F4N5O3S/c1-3-4-28-16-7-14(19(24)25)15(9-29-16)18-17(22(35)32-10-23(26,27)8-11(32)2)31-21(36-18)20(34)30-12-5-13(33)6-12/h7,9,11-13,19,33H,3-6,8,10H2,1-2H3,(H,28,29)(H,30,34)/t11-,12?,13?/m0/s1. The van der Waals surface area contributed by atoms with Crippen molar-refractivity contribution < 1.29 is 32.3 Å². The van der Waals surface area contributed by atoms with Gasteiger partial charge in [0.25, 0.3) is 24.2 Å². The van der Waals surface area contributed by atoms with Crippen molar-refractivity contribution in [2.24, 2.45) is 0 Å². The summed E-state index contributed by atoms with van der Waals surface area (Å²) < 4.78 is 56.1. The number of aliphatic hydroxyl groups excluding tert-OH is 1. The van der Waals surface area contributed by atoms with Crippen molar-refractivity contribution in [2.75, 3.05) is 18.4 Å². The van der Waals surface area contributed by atoms with Crippen LogP contribution in [0.1, 0.15) is 71.8 Å². The number of nitrogens with one attached hydrogen (secondary N) is 2. The Kier molecular flexibility index (Phi) is 7.51.